The Balaban J connectivity index is 1.59. The average Bonchev–Trinajstić information content (AvgIpc) is 3.03. The van der Waals surface area contributed by atoms with Crippen LogP contribution in [0.5, 0.6) is 0 Å². The zero-order valence-corrected chi connectivity index (χ0v) is 14.1. The lowest BCUT2D eigenvalue weighted by Gasteiger charge is -2.24. The molecule has 2 aliphatic rings. The van der Waals surface area contributed by atoms with E-state index >= 15 is 0 Å². The van der Waals surface area contributed by atoms with Crippen molar-refractivity contribution in [1.29, 1.82) is 0 Å². The first-order valence-corrected chi connectivity index (χ1v) is 8.56. The van der Waals surface area contributed by atoms with E-state index in [4.69, 9.17) is 4.74 Å². The van der Waals surface area contributed by atoms with Gasteiger partial charge < -0.3 is 19.9 Å². The molecular formula is C17H20F3N3O3. The molecule has 1 unspecified atom stereocenters. The van der Waals surface area contributed by atoms with Gasteiger partial charge in [-0.1, -0.05) is 0 Å². The zero-order valence-electron chi connectivity index (χ0n) is 14.1. The summed E-state index contributed by atoms with van der Waals surface area (Å²) in [6, 6.07) is 0.365. The predicted molar refractivity (Wildman–Crippen MR) is 87.1 cm³/mol. The van der Waals surface area contributed by atoms with Crippen molar-refractivity contribution in [3.8, 4) is 0 Å². The molecule has 1 aromatic carbocycles. The highest BCUT2D eigenvalue weighted by Crippen LogP contribution is 2.20. The second-order valence-corrected chi connectivity index (χ2v) is 6.34. The maximum atomic E-state index is 13.7. The van der Waals surface area contributed by atoms with Gasteiger partial charge >= 0.3 is 6.03 Å². The number of rotatable bonds is 2. The topological polar surface area (TPSA) is 61.9 Å². The van der Waals surface area contributed by atoms with Crippen LogP contribution < -0.4 is 5.32 Å². The molecule has 2 fully saturated rings. The van der Waals surface area contributed by atoms with Gasteiger partial charge in [0.15, 0.2) is 11.6 Å². The molecular weight excluding hydrogens is 351 g/mol. The third-order valence-corrected chi connectivity index (χ3v) is 4.55. The third kappa shape index (κ3) is 4.09. The minimum absolute atomic E-state index is 0.0728. The minimum atomic E-state index is -1.32. The van der Waals surface area contributed by atoms with Crippen molar-refractivity contribution in [2.45, 2.75) is 25.4 Å². The molecule has 0 spiro atoms. The number of hydrogen-bond acceptors (Lipinski definition) is 3. The van der Waals surface area contributed by atoms with E-state index in [1.54, 1.807) is 4.90 Å². The van der Waals surface area contributed by atoms with Crippen molar-refractivity contribution in [1.82, 2.24) is 9.80 Å². The molecule has 0 saturated carbocycles. The molecule has 1 N–H and O–H groups in total. The molecule has 1 atom stereocenters. The number of carbonyl (C=O) groups excluding carboxylic acids is 2. The van der Waals surface area contributed by atoms with Gasteiger partial charge in [-0.2, -0.15) is 0 Å². The summed E-state index contributed by atoms with van der Waals surface area (Å²) in [5.74, 6) is -3.69. The second-order valence-electron chi connectivity index (χ2n) is 6.34. The van der Waals surface area contributed by atoms with Crippen LogP contribution in [0.2, 0.25) is 0 Å². The molecule has 9 heteroatoms. The van der Waals surface area contributed by atoms with Gasteiger partial charge in [0, 0.05) is 44.9 Å². The van der Waals surface area contributed by atoms with Crippen LogP contribution in [0.4, 0.5) is 23.7 Å². The fourth-order valence-corrected chi connectivity index (χ4v) is 3.13. The number of urea groups is 1. The Hall–Kier alpha value is -2.29. The van der Waals surface area contributed by atoms with Crippen LogP contribution in [-0.2, 0) is 9.53 Å². The van der Waals surface area contributed by atoms with Gasteiger partial charge in [-0.25, -0.2) is 18.0 Å². The maximum Gasteiger partial charge on any atom is 0.321 e. The lowest BCUT2D eigenvalue weighted by Crippen LogP contribution is -2.42. The van der Waals surface area contributed by atoms with E-state index in [1.807, 2.05) is 0 Å². The first-order valence-electron chi connectivity index (χ1n) is 8.56. The molecule has 0 bridgehead atoms. The molecule has 26 heavy (non-hydrogen) atoms. The summed E-state index contributed by atoms with van der Waals surface area (Å²) in [6.45, 7) is 2.05. The molecule has 142 valence electrons. The number of ether oxygens (including phenoxy) is 1. The Morgan fingerprint density at radius 1 is 0.962 bits per heavy atom. The van der Waals surface area contributed by atoms with Crippen molar-refractivity contribution in [3.63, 3.8) is 0 Å². The normalized spacial score (nSPS) is 20.8. The van der Waals surface area contributed by atoms with Crippen molar-refractivity contribution >= 4 is 17.6 Å². The van der Waals surface area contributed by atoms with Crippen molar-refractivity contribution in [2.75, 3.05) is 38.1 Å². The van der Waals surface area contributed by atoms with E-state index in [2.05, 4.69) is 5.32 Å². The van der Waals surface area contributed by atoms with Gasteiger partial charge in [0.2, 0.25) is 0 Å². The molecule has 2 aliphatic heterocycles. The van der Waals surface area contributed by atoms with E-state index in [0.717, 1.165) is 6.42 Å². The molecule has 1 aromatic rings. The number of nitrogens with one attached hydrogen (secondary N) is 1. The molecule has 0 aliphatic carbocycles. The molecule has 3 amide bonds. The summed E-state index contributed by atoms with van der Waals surface area (Å²) < 4.78 is 45.3. The molecule has 6 nitrogen and oxygen atoms in total. The van der Waals surface area contributed by atoms with E-state index in [9.17, 15) is 22.8 Å². The van der Waals surface area contributed by atoms with Crippen LogP contribution >= 0.6 is 0 Å². The maximum absolute atomic E-state index is 13.7. The molecule has 0 aromatic heterocycles. The Kier molecular flexibility index (Phi) is 5.65. The lowest BCUT2D eigenvalue weighted by atomic mass is 10.2. The Labute approximate surface area is 148 Å². The number of nitrogens with zero attached hydrogens (tertiary/aromatic N) is 2. The molecule has 2 saturated heterocycles. The minimum Gasteiger partial charge on any atom is -0.368 e. The highest BCUT2D eigenvalue weighted by atomic mass is 19.2. The van der Waals surface area contributed by atoms with Gasteiger partial charge in [0.05, 0.1) is 5.69 Å². The van der Waals surface area contributed by atoms with E-state index < -0.39 is 35.3 Å². The first-order chi connectivity index (χ1) is 12.5. The van der Waals surface area contributed by atoms with Gasteiger partial charge in [0.1, 0.15) is 11.9 Å². The van der Waals surface area contributed by atoms with Crippen LogP contribution in [0.15, 0.2) is 12.1 Å². The van der Waals surface area contributed by atoms with Crippen LogP contribution in [0.25, 0.3) is 0 Å². The zero-order chi connectivity index (χ0) is 18.7. The number of hydrogen-bond donors (Lipinski definition) is 1. The lowest BCUT2D eigenvalue weighted by molar-refractivity contribution is -0.140. The second kappa shape index (κ2) is 7.94. The van der Waals surface area contributed by atoms with Crippen LogP contribution in [0, 0.1) is 17.5 Å². The summed E-state index contributed by atoms with van der Waals surface area (Å²) in [5.41, 5.74) is -0.426. The first kappa shape index (κ1) is 18.5. The van der Waals surface area contributed by atoms with Crippen LogP contribution in [-0.4, -0.2) is 60.6 Å². The fourth-order valence-electron chi connectivity index (χ4n) is 3.13. The summed E-state index contributed by atoms with van der Waals surface area (Å²) in [7, 11) is 0. The number of anilines is 1. The number of halogens is 3. The molecule has 0 radical (unpaired) electrons. The Bertz CT molecular complexity index is 695. The van der Waals surface area contributed by atoms with Crippen molar-refractivity contribution in [3.05, 3.63) is 29.6 Å². The van der Waals surface area contributed by atoms with Gasteiger partial charge in [0.25, 0.3) is 5.91 Å². The average molecular weight is 371 g/mol. The summed E-state index contributed by atoms with van der Waals surface area (Å²) in [4.78, 5) is 27.8. The SMILES string of the molecule is O=C(Nc1cc(F)c(F)cc1F)N1CCCN(C(=O)C2CCCO2)CC1. The van der Waals surface area contributed by atoms with E-state index in [1.165, 1.54) is 4.90 Å². The number of benzene rings is 1. The van der Waals surface area contributed by atoms with Crippen molar-refractivity contribution in [2.24, 2.45) is 0 Å². The van der Waals surface area contributed by atoms with Crippen LogP contribution in [0.3, 0.4) is 0 Å². The highest BCUT2D eigenvalue weighted by molar-refractivity contribution is 5.89. The standard InChI is InChI=1S/C17H20F3N3O3/c18-11-9-13(20)14(10-12(11)19)21-17(25)23-5-2-4-22(6-7-23)16(24)15-3-1-8-26-15/h9-10,15H,1-8H2,(H,21,25). The third-order valence-electron chi connectivity index (χ3n) is 4.55. The fraction of sp³-hybridized carbons (Fsp3) is 0.529. The Morgan fingerprint density at radius 3 is 2.38 bits per heavy atom. The number of carbonyl (C=O) groups is 2. The highest BCUT2D eigenvalue weighted by Gasteiger charge is 2.30. The summed E-state index contributed by atoms with van der Waals surface area (Å²) >= 11 is 0. The summed E-state index contributed by atoms with van der Waals surface area (Å²) in [6.07, 6.45) is 1.71. The Morgan fingerprint density at radius 2 is 1.65 bits per heavy atom. The molecule has 3 rings (SSSR count). The van der Waals surface area contributed by atoms with E-state index in [0.29, 0.717) is 51.2 Å². The quantitative estimate of drug-likeness (QED) is 0.812. The predicted octanol–water partition coefficient (Wildman–Crippen LogP) is 2.35. The largest absolute Gasteiger partial charge is 0.368 e. The van der Waals surface area contributed by atoms with Gasteiger partial charge in [-0.05, 0) is 19.3 Å². The smallest absolute Gasteiger partial charge is 0.321 e. The monoisotopic (exact) mass is 371 g/mol. The summed E-state index contributed by atoms with van der Waals surface area (Å²) in [5, 5.41) is 2.25. The number of amides is 3. The van der Waals surface area contributed by atoms with Crippen molar-refractivity contribution < 1.29 is 27.5 Å². The molecule has 2 heterocycles. The van der Waals surface area contributed by atoms with Gasteiger partial charge in [-0.15, -0.1) is 0 Å². The van der Waals surface area contributed by atoms with E-state index in [-0.39, 0.29) is 12.5 Å². The van der Waals surface area contributed by atoms with Crippen LogP contribution in [0.1, 0.15) is 19.3 Å². The van der Waals surface area contributed by atoms with Gasteiger partial charge in [-0.3, -0.25) is 4.79 Å².